The molecule has 2 heterocycles. The molecule has 0 radical (unpaired) electrons. The van der Waals surface area contributed by atoms with E-state index in [0.29, 0.717) is 13.1 Å². The van der Waals surface area contributed by atoms with Gasteiger partial charge in [-0.1, -0.05) is 29.8 Å². The molecule has 3 nitrogen and oxygen atoms in total. The molecule has 0 aliphatic rings. The van der Waals surface area contributed by atoms with Crippen molar-refractivity contribution in [3.05, 3.63) is 87.9 Å². The fourth-order valence-electron chi connectivity index (χ4n) is 2.63. The molecule has 0 saturated carbocycles. The van der Waals surface area contributed by atoms with Gasteiger partial charge in [0.05, 0.1) is 0 Å². The summed E-state index contributed by atoms with van der Waals surface area (Å²) in [5.41, 5.74) is 2.88. The molecule has 1 aromatic carbocycles. The minimum Gasteiger partial charge on any atom is -0.334 e. The zero-order chi connectivity index (χ0) is 16.8. The first-order chi connectivity index (χ1) is 11.7. The lowest BCUT2D eigenvalue weighted by Crippen LogP contribution is -2.32. The average molecular weight is 336 g/mol. The first-order valence-electron chi connectivity index (χ1n) is 7.99. The molecule has 24 heavy (non-hydrogen) atoms. The quantitative estimate of drug-likeness (QED) is 0.671. The lowest BCUT2D eigenvalue weighted by molar-refractivity contribution is 0.0745. The molecule has 0 unspecified atom stereocenters. The predicted molar refractivity (Wildman–Crippen MR) is 98.2 cm³/mol. The summed E-state index contributed by atoms with van der Waals surface area (Å²) < 4.78 is 0. The summed E-state index contributed by atoms with van der Waals surface area (Å²) in [5.74, 6) is 0.0686. The van der Waals surface area contributed by atoms with E-state index in [4.69, 9.17) is 0 Å². The number of amides is 1. The molecule has 0 saturated heterocycles. The number of aryl methyl sites for hydroxylation is 1. The third-order valence-electron chi connectivity index (χ3n) is 3.86. The summed E-state index contributed by atoms with van der Waals surface area (Å²) in [6.07, 6.45) is 4.44. The van der Waals surface area contributed by atoms with Crippen LogP contribution >= 0.6 is 11.3 Å². The first-order valence-corrected chi connectivity index (χ1v) is 8.87. The van der Waals surface area contributed by atoms with Crippen LogP contribution in [-0.4, -0.2) is 22.3 Å². The van der Waals surface area contributed by atoms with Crippen LogP contribution in [0.3, 0.4) is 0 Å². The van der Waals surface area contributed by atoms with Crippen LogP contribution < -0.4 is 0 Å². The van der Waals surface area contributed by atoms with E-state index in [0.717, 1.165) is 23.1 Å². The summed E-state index contributed by atoms with van der Waals surface area (Å²) in [6, 6.07) is 15.9. The maximum atomic E-state index is 13.0. The molecular weight excluding hydrogens is 316 g/mol. The molecule has 1 amide bonds. The number of carbonyl (C=O) groups is 1. The molecule has 3 aromatic rings. The molecular formula is C20H20N2OS. The first kappa shape index (κ1) is 16.4. The zero-order valence-corrected chi connectivity index (χ0v) is 14.5. The Morgan fingerprint density at radius 3 is 2.79 bits per heavy atom. The van der Waals surface area contributed by atoms with Crippen molar-refractivity contribution in [1.29, 1.82) is 0 Å². The molecule has 2 aromatic heterocycles. The smallest absolute Gasteiger partial charge is 0.254 e. The van der Waals surface area contributed by atoms with Crippen molar-refractivity contribution in [3.8, 4) is 0 Å². The van der Waals surface area contributed by atoms with Gasteiger partial charge in [0, 0.05) is 35.9 Å². The summed E-state index contributed by atoms with van der Waals surface area (Å²) >= 11 is 1.73. The van der Waals surface area contributed by atoms with Gasteiger partial charge < -0.3 is 4.90 Å². The SMILES string of the molecule is Cc1cccc(C(=O)N(CCc2cccs2)Cc2cccnc2)c1. The number of nitrogens with zero attached hydrogens (tertiary/aromatic N) is 2. The second-order valence-corrected chi connectivity index (χ2v) is 6.82. The Hall–Kier alpha value is -2.46. The van der Waals surface area contributed by atoms with Crippen LogP contribution in [0, 0.1) is 6.92 Å². The molecule has 122 valence electrons. The number of carbonyl (C=O) groups excluding carboxylic acids is 1. The van der Waals surface area contributed by atoms with Gasteiger partial charge in [-0.2, -0.15) is 0 Å². The Balaban J connectivity index is 1.78. The van der Waals surface area contributed by atoms with E-state index in [1.807, 2.05) is 60.5 Å². The molecule has 0 bridgehead atoms. The summed E-state index contributed by atoms with van der Waals surface area (Å²) in [5, 5.41) is 2.07. The largest absolute Gasteiger partial charge is 0.334 e. The highest BCUT2D eigenvalue weighted by Gasteiger charge is 2.16. The van der Waals surface area contributed by atoms with Crippen molar-refractivity contribution >= 4 is 17.2 Å². The van der Waals surface area contributed by atoms with Crippen LogP contribution in [0.2, 0.25) is 0 Å². The number of aromatic nitrogens is 1. The van der Waals surface area contributed by atoms with Crippen molar-refractivity contribution in [2.75, 3.05) is 6.54 Å². The van der Waals surface area contributed by atoms with E-state index in [9.17, 15) is 4.79 Å². The van der Waals surface area contributed by atoms with Gasteiger partial charge in [-0.05, 0) is 48.6 Å². The van der Waals surface area contributed by atoms with Gasteiger partial charge >= 0.3 is 0 Å². The van der Waals surface area contributed by atoms with Gasteiger partial charge in [-0.25, -0.2) is 0 Å². The topological polar surface area (TPSA) is 33.2 Å². The summed E-state index contributed by atoms with van der Waals surface area (Å²) in [7, 11) is 0. The maximum Gasteiger partial charge on any atom is 0.254 e. The second-order valence-electron chi connectivity index (χ2n) is 5.79. The summed E-state index contributed by atoms with van der Waals surface area (Å²) in [6.45, 7) is 3.28. The lowest BCUT2D eigenvalue weighted by Gasteiger charge is -2.23. The van der Waals surface area contributed by atoms with E-state index in [1.165, 1.54) is 4.88 Å². The van der Waals surface area contributed by atoms with Crippen molar-refractivity contribution in [2.45, 2.75) is 19.9 Å². The minimum absolute atomic E-state index is 0.0686. The third kappa shape index (κ3) is 4.30. The van der Waals surface area contributed by atoms with Crippen LogP contribution in [0.15, 0.2) is 66.3 Å². The van der Waals surface area contributed by atoms with Gasteiger partial charge in [-0.15, -0.1) is 11.3 Å². The van der Waals surface area contributed by atoms with Crippen LogP contribution in [0.4, 0.5) is 0 Å². The van der Waals surface area contributed by atoms with Crippen LogP contribution in [0.5, 0.6) is 0 Å². The number of rotatable bonds is 6. The molecule has 3 rings (SSSR count). The van der Waals surface area contributed by atoms with E-state index in [-0.39, 0.29) is 5.91 Å². The zero-order valence-electron chi connectivity index (χ0n) is 13.7. The van der Waals surface area contributed by atoms with Crippen molar-refractivity contribution in [3.63, 3.8) is 0 Å². The number of thiophene rings is 1. The van der Waals surface area contributed by atoms with Crippen LogP contribution in [0.25, 0.3) is 0 Å². The van der Waals surface area contributed by atoms with E-state index in [2.05, 4.69) is 16.4 Å². The van der Waals surface area contributed by atoms with Crippen LogP contribution in [0.1, 0.15) is 26.4 Å². The fourth-order valence-corrected chi connectivity index (χ4v) is 3.32. The lowest BCUT2D eigenvalue weighted by atomic mass is 10.1. The Bertz CT molecular complexity index is 784. The number of hydrogen-bond acceptors (Lipinski definition) is 3. The predicted octanol–water partition coefficient (Wildman–Crippen LogP) is 4.34. The van der Waals surface area contributed by atoms with Gasteiger partial charge in [-0.3, -0.25) is 9.78 Å². The fraction of sp³-hybridized carbons (Fsp3) is 0.200. The second kappa shape index (κ2) is 7.88. The Morgan fingerprint density at radius 2 is 2.08 bits per heavy atom. The van der Waals surface area contributed by atoms with E-state index in [1.54, 1.807) is 17.5 Å². The molecule has 0 N–H and O–H groups in total. The van der Waals surface area contributed by atoms with Gasteiger partial charge in [0.15, 0.2) is 0 Å². The number of hydrogen-bond donors (Lipinski definition) is 0. The number of pyridine rings is 1. The molecule has 0 spiro atoms. The highest BCUT2D eigenvalue weighted by Crippen LogP contribution is 2.14. The molecule has 0 fully saturated rings. The highest BCUT2D eigenvalue weighted by molar-refractivity contribution is 7.09. The van der Waals surface area contributed by atoms with Gasteiger partial charge in [0.25, 0.3) is 5.91 Å². The summed E-state index contributed by atoms with van der Waals surface area (Å²) in [4.78, 5) is 20.3. The van der Waals surface area contributed by atoms with Crippen molar-refractivity contribution in [1.82, 2.24) is 9.88 Å². The molecule has 4 heteroatoms. The Kier molecular flexibility index (Phi) is 5.39. The monoisotopic (exact) mass is 336 g/mol. The third-order valence-corrected chi connectivity index (χ3v) is 4.79. The number of benzene rings is 1. The standard InChI is InChI=1S/C20H20N2OS/c1-16-5-2-7-18(13-16)20(23)22(11-9-19-8-4-12-24-19)15-17-6-3-10-21-14-17/h2-8,10,12-14H,9,11,15H2,1H3. The van der Waals surface area contributed by atoms with Gasteiger partial charge in [0.1, 0.15) is 0 Å². The molecule has 0 aliphatic heterocycles. The minimum atomic E-state index is 0.0686. The Labute approximate surface area is 146 Å². The van der Waals surface area contributed by atoms with E-state index >= 15 is 0 Å². The highest BCUT2D eigenvalue weighted by atomic mass is 32.1. The van der Waals surface area contributed by atoms with Crippen LogP contribution in [-0.2, 0) is 13.0 Å². The maximum absolute atomic E-state index is 13.0. The van der Waals surface area contributed by atoms with Crippen molar-refractivity contribution in [2.24, 2.45) is 0 Å². The normalized spacial score (nSPS) is 10.5. The van der Waals surface area contributed by atoms with Gasteiger partial charge in [0.2, 0.25) is 0 Å². The average Bonchev–Trinajstić information content (AvgIpc) is 3.12. The van der Waals surface area contributed by atoms with Crippen molar-refractivity contribution < 1.29 is 4.79 Å². The van der Waals surface area contributed by atoms with E-state index < -0.39 is 0 Å². The molecule has 0 aliphatic carbocycles. The molecule has 0 atom stereocenters. The Morgan fingerprint density at radius 1 is 1.17 bits per heavy atom.